The van der Waals surface area contributed by atoms with Crippen molar-refractivity contribution in [3.63, 3.8) is 0 Å². The standard InChI is InChI=1S/C9H12BrN3/c1-9(2)4-6(9)13-8-3-7(10)11-5-12-8/h3,5-6H,4H2,1-2H3,(H,11,12,13). The highest BCUT2D eigenvalue weighted by molar-refractivity contribution is 9.10. The van der Waals surface area contributed by atoms with Crippen molar-refractivity contribution in [2.24, 2.45) is 5.41 Å². The van der Waals surface area contributed by atoms with Crippen LogP contribution in [0.5, 0.6) is 0 Å². The molecule has 4 heteroatoms. The van der Waals surface area contributed by atoms with Gasteiger partial charge in [-0.25, -0.2) is 9.97 Å². The van der Waals surface area contributed by atoms with Gasteiger partial charge in [0.25, 0.3) is 0 Å². The Balaban J connectivity index is 2.03. The van der Waals surface area contributed by atoms with Crippen molar-refractivity contribution in [1.29, 1.82) is 0 Å². The summed E-state index contributed by atoms with van der Waals surface area (Å²) in [6.45, 7) is 4.50. The summed E-state index contributed by atoms with van der Waals surface area (Å²) in [5.41, 5.74) is 0.428. The molecule has 13 heavy (non-hydrogen) atoms. The van der Waals surface area contributed by atoms with Crippen LogP contribution in [0.3, 0.4) is 0 Å². The van der Waals surface area contributed by atoms with E-state index >= 15 is 0 Å². The molecular weight excluding hydrogens is 230 g/mol. The van der Waals surface area contributed by atoms with Crippen LogP contribution in [0.25, 0.3) is 0 Å². The highest BCUT2D eigenvalue weighted by Crippen LogP contribution is 2.46. The van der Waals surface area contributed by atoms with E-state index in [9.17, 15) is 0 Å². The van der Waals surface area contributed by atoms with Gasteiger partial charge in [-0.1, -0.05) is 13.8 Å². The first-order valence-corrected chi connectivity index (χ1v) is 5.11. The summed E-state index contributed by atoms with van der Waals surface area (Å²) < 4.78 is 0.823. The van der Waals surface area contributed by atoms with Crippen molar-refractivity contribution < 1.29 is 0 Å². The fraction of sp³-hybridized carbons (Fsp3) is 0.556. The third-order valence-electron chi connectivity index (χ3n) is 2.47. The first-order valence-electron chi connectivity index (χ1n) is 4.32. The molecule has 1 aliphatic carbocycles. The van der Waals surface area contributed by atoms with Crippen LogP contribution in [0, 0.1) is 5.41 Å². The molecule has 1 atom stereocenters. The van der Waals surface area contributed by atoms with Gasteiger partial charge in [0.15, 0.2) is 0 Å². The Bertz CT molecular complexity index is 324. The normalized spacial score (nSPS) is 24.1. The lowest BCUT2D eigenvalue weighted by molar-refractivity contribution is 0.630. The zero-order chi connectivity index (χ0) is 9.47. The van der Waals surface area contributed by atoms with Crippen LogP contribution in [0.2, 0.25) is 0 Å². The van der Waals surface area contributed by atoms with Crippen LogP contribution in [0.15, 0.2) is 17.0 Å². The zero-order valence-corrected chi connectivity index (χ0v) is 9.30. The lowest BCUT2D eigenvalue weighted by Crippen LogP contribution is -2.09. The largest absolute Gasteiger partial charge is 0.367 e. The van der Waals surface area contributed by atoms with E-state index in [0.29, 0.717) is 11.5 Å². The molecule has 1 heterocycles. The molecule has 0 bridgehead atoms. The van der Waals surface area contributed by atoms with E-state index in [1.54, 1.807) is 6.33 Å². The van der Waals surface area contributed by atoms with Crippen molar-refractivity contribution >= 4 is 21.7 Å². The topological polar surface area (TPSA) is 37.8 Å². The Morgan fingerprint density at radius 3 is 2.77 bits per heavy atom. The van der Waals surface area contributed by atoms with Gasteiger partial charge >= 0.3 is 0 Å². The minimum atomic E-state index is 0.428. The molecule has 1 fully saturated rings. The molecule has 0 spiro atoms. The van der Waals surface area contributed by atoms with E-state index in [1.165, 1.54) is 6.42 Å². The Labute approximate surface area is 86.1 Å². The maximum atomic E-state index is 4.13. The lowest BCUT2D eigenvalue weighted by Gasteiger charge is -2.06. The molecule has 1 N–H and O–H groups in total. The molecular formula is C9H12BrN3. The molecule has 1 unspecified atom stereocenters. The molecule has 2 rings (SSSR count). The first kappa shape index (κ1) is 8.94. The van der Waals surface area contributed by atoms with Crippen molar-refractivity contribution in [1.82, 2.24) is 9.97 Å². The molecule has 3 nitrogen and oxygen atoms in total. The summed E-state index contributed by atoms with van der Waals surface area (Å²) in [7, 11) is 0. The highest BCUT2D eigenvalue weighted by atomic mass is 79.9. The SMILES string of the molecule is CC1(C)CC1Nc1cc(Br)ncn1. The molecule has 1 saturated carbocycles. The van der Waals surface area contributed by atoms with Crippen LogP contribution >= 0.6 is 15.9 Å². The molecule has 0 amide bonds. The Morgan fingerprint density at radius 2 is 2.23 bits per heavy atom. The van der Waals surface area contributed by atoms with Crippen molar-refractivity contribution in [2.75, 3.05) is 5.32 Å². The van der Waals surface area contributed by atoms with E-state index < -0.39 is 0 Å². The van der Waals surface area contributed by atoms with Crippen molar-refractivity contribution in [3.05, 3.63) is 17.0 Å². The summed E-state index contributed by atoms with van der Waals surface area (Å²) in [4.78, 5) is 8.10. The molecule has 1 aromatic heterocycles. The fourth-order valence-electron chi connectivity index (χ4n) is 1.30. The molecule has 1 aromatic rings. The van der Waals surface area contributed by atoms with Gasteiger partial charge in [-0.3, -0.25) is 0 Å². The smallest absolute Gasteiger partial charge is 0.130 e. The quantitative estimate of drug-likeness (QED) is 0.809. The average molecular weight is 242 g/mol. The minimum Gasteiger partial charge on any atom is -0.367 e. The third kappa shape index (κ3) is 1.99. The molecule has 0 aliphatic heterocycles. The van der Waals surface area contributed by atoms with E-state index in [-0.39, 0.29) is 0 Å². The number of aromatic nitrogens is 2. The summed E-state index contributed by atoms with van der Waals surface area (Å²) in [5, 5.41) is 3.37. The second-order valence-corrected chi connectivity index (χ2v) is 4.93. The van der Waals surface area contributed by atoms with E-state index in [2.05, 4.69) is 45.1 Å². The van der Waals surface area contributed by atoms with Gasteiger partial charge in [-0.05, 0) is 27.8 Å². The minimum absolute atomic E-state index is 0.428. The molecule has 1 aliphatic rings. The summed E-state index contributed by atoms with van der Waals surface area (Å²) >= 11 is 3.31. The van der Waals surface area contributed by atoms with Gasteiger partial charge in [0, 0.05) is 12.1 Å². The monoisotopic (exact) mass is 241 g/mol. The summed E-state index contributed by atoms with van der Waals surface area (Å²) in [6.07, 6.45) is 2.77. The summed E-state index contributed by atoms with van der Waals surface area (Å²) in [6, 6.07) is 2.46. The van der Waals surface area contributed by atoms with Gasteiger partial charge in [0.2, 0.25) is 0 Å². The van der Waals surface area contributed by atoms with Gasteiger partial charge < -0.3 is 5.32 Å². The van der Waals surface area contributed by atoms with Crippen molar-refractivity contribution in [3.8, 4) is 0 Å². The maximum absolute atomic E-state index is 4.13. The number of nitrogens with zero attached hydrogens (tertiary/aromatic N) is 2. The first-order chi connectivity index (χ1) is 6.08. The lowest BCUT2D eigenvalue weighted by atomic mass is 10.2. The predicted molar refractivity (Wildman–Crippen MR) is 55.5 cm³/mol. The van der Waals surface area contributed by atoms with Crippen LogP contribution in [-0.2, 0) is 0 Å². The average Bonchev–Trinajstić information content (AvgIpc) is 2.58. The van der Waals surface area contributed by atoms with E-state index in [1.807, 2.05) is 6.07 Å². The van der Waals surface area contributed by atoms with E-state index in [4.69, 9.17) is 0 Å². The molecule has 0 radical (unpaired) electrons. The second-order valence-electron chi connectivity index (χ2n) is 4.12. The second kappa shape index (κ2) is 2.94. The van der Waals surface area contributed by atoms with Crippen LogP contribution in [0.4, 0.5) is 5.82 Å². The summed E-state index contributed by atoms with van der Waals surface area (Å²) in [5.74, 6) is 0.900. The predicted octanol–water partition coefficient (Wildman–Crippen LogP) is 2.45. The third-order valence-corrected chi connectivity index (χ3v) is 2.90. The van der Waals surface area contributed by atoms with Crippen LogP contribution in [0.1, 0.15) is 20.3 Å². The van der Waals surface area contributed by atoms with Crippen LogP contribution < -0.4 is 5.32 Å². The number of hydrogen-bond donors (Lipinski definition) is 1. The number of anilines is 1. The van der Waals surface area contributed by atoms with Gasteiger partial charge in [-0.15, -0.1) is 0 Å². The number of halogens is 1. The maximum Gasteiger partial charge on any atom is 0.130 e. The molecule has 0 saturated heterocycles. The Morgan fingerprint density at radius 1 is 1.54 bits per heavy atom. The van der Waals surface area contributed by atoms with Gasteiger partial charge in [0.1, 0.15) is 16.7 Å². The number of hydrogen-bond acceptors (Lipinski definition) is 3. The molecule has 70 valence electrons. The fourth-order valence-corrected chi connectivity index (χ4v) is 1.61. The zero-order valence-electron chi connectivity index (χ0n) is 7.71. The van der Waals surface area contributed by atoms with Crippen LogP contribution in [-0.4, -0.2) is 16.0 Å². The Hall–Kier alpha value is -0.640. The van der Waals surface area contributed by atoms with Gasteiger partial charge in [-0.2, -0.15) is 0 Å². The Kier molecular flexibility index (Phi) is 2.02. The molecule has 0 aromatic carbocycles. The van der Waals surface area contributed by atoms with Gasteiger partial charge in [0.05, 0.1) is 0 Å². The number of nitrogens with one attached hydrogen (secondary N) is 1. The van der Waals surface area contributed by atoms with Crippen molar-refractivity contribution in [2.45, 2.75) is 26.3 Å². The van der Waals surface area contributed by atoms with E-state index in [0.717, 1.165) is 10.4 Å². The highest BCUT2D eigenvalue weighted by Gasteiger charge is 2.45. The number of rotatable bonds is 2.